The summed E-state index contributed by atoms with van der Waals surface area (Å²) >= 11 is 0. The molecule has 0 radical (unpaired) electrons. The Kier molecular flexibility index (Phi) is 7.65. The van der Waals surface area contributed by atoms with Crippen molar-refractivity contribution >= 4 is 11.4 Å². The van der Waals surface area contributed by atoms with Crippen LogP contribution in [-0.2, 0) is 0 Å². The number of nitrogens with zero attached hydrogens (tertiary/aromatic N) is 3. The summed E-state index contributed by atoms with van der Waals surface area (Å²) < 4.78 is 0. The van der Waals surface area contributed by atoms with E-state index in [1.807, 2.05) is 64.1 Å². The minimum atomic E-state index is -1.50. The van der Waals surface area contributed by atoms with Gasteiger partial charge in [0.1, 0.15) is 18.3 Å². The molecule has 0 saturated carbocycles. The fourth-order valence-corrected chi connectivity index (χ4v) is 2.62. The molecular formula is C21H29N3O4. The quantitative estimate of drug-likeness (QED) is 0.411. The second kappa shape index (κ2) is 9.75. The normalized spacial score (nSPS) is 14.9. The number of benzene rings is 2. The van der Waals surface area contributed by atoms with Crippen molar-refractivity contribution in [2.75, 3.05) is 18.2 Å². The second-order valence-electron chi connectivity index (χ2n) is 7.12. The highest BCUT2D eigenvalue weighted by Crippen LogP contribution is 2.23. The fraction of sp³-hybridized carbons (Fsp3) is 0.429. The maximum absolute atomic E-state index is 10.3. The first kappa shape index (κ1) is 22.0. The van der Waals surface area contributed by atoms with Gasteiger partial charge >= 0.3 is 0 Å². The molecule has 0 saturated heterocycles. The van der Waals surface area contributed by atoms with Crippen LogP contribution in [0, 0.1) is 27.7 Å². The van der Waals surface area contributed by atoms with Crippen molar-refractivity contribution in [1.82, 2.24) is 0 Å². The van der Waals surface area contributed by atoms with E-state index < -0.39 is 24.9 Å². The van der Waals surface area contributed by atoms with Crippen molar-refractivity contribution in [3.8, 4) is 0 Å². The summed E-state index contributed by atoms with van der Waals surface area (Å²) in [6.45, 7) is 7.23. The molecule has 0 spiro atoms. The van der Waals surface area contributed by atoms with Gasteiger partial charge in [-0.05, 0) is 74.2 Å². The van der Waals surface area contributed by atoms with Crippen LogP contribution in [0.2, 0.25) is 0 Å². The van der Waals surface area contributed by atoms with Gasteiger partial charge in [0, 0.05) is 0 Å². The predicted molar refractivity (Wildman–Crippen MR) is 109 cm³/mol. The first-order chi connectivity index (χ1) is 13.2. The summed E-state index contributed by atoms with van der Waals surface area (Å²) in [7, 11) is 0. The van der Waals surface area contributed by atoms with Crippen LogP contribution in [0.4, 0.5) is 11.4 Å². The minimum absolute atomic E-state index is 0.102. The number of aryl methyl sites for hydroxylation is 4. The molecule has 28 heavy (non-hydrogen) atoms. The van der Waals surface area contributed by atoms with Crippen molar-refractivity contribution in [2.45, 2.75) is 46.0 Å². The zero-order valence-electron chi connectivity index (χ0n) is 16.7. The van der Waals surface area contributed by atoms with Crippen LogP contribution in [0.15, 0.2) is 46.7 Å². The monoisotopic (exact) mass is 387 g/mol. The zero-order valence-corrected chi connectivity index (χ0v) is 16.7. The Morgan fingerprint density at radius 3 is 2.00 bits per heavy atom. The lowest BCUT2D eigenvalue weighted by molar-refractivity contribution is -0.0732. The van der Waals surface area contributed by atoms with E-state index in [0.717, 1.165) is 22.3 Å². The number of anilines is 1. The molecular weight excluding hydrogens is 358 g/mol. The van der Waals surface area contributed by atoms with Crippen molar-refractivity contribution in [3.05, 3.63) is 58.7 Å². The number of rotatable bonds is 8. The lowest BCUT2D eigenvalue weighted by Crippen LogP contribution is -2.44. The first-order valence-electron chi connectivity index (χ1n) is 9.21. The average molecular weight is 387 g/mol. The molecule has 7 heteroatoms. The van der Waals surface area contributed by atoms with Gasteiger partial charge in [0.2, 0.25) is 0 Å². The van der Waals surface area contributed by atoms with E-state index in [1.165, 1.54) is 5.01 Å². The van der Waals surface area contributed by atoms with Gasteiger partial charge in [0.05, 0.1) is 24.5 Å². The Labute approximate surface area is 165 Å². The predicted octanol–water partition coefficient (Wildman–Crippen LogP) is 2.50. The van der Waals surface area contributed by atoms with Gasteiger partial charge in [-0.2, -0.15) is 0 Å². The summed E-state index contributed by atoms with van der Waals surface area (Å²) in [6.07, 6.45) is -4.27. The Balaban J connectivity index is 2.30. The highest BCUT2D eigenvalue weighted by Gasteiger charge is 2.26. The van der Waals surface area contributed by atoms with Crippen LogP contribution in [0.3, 0.4) is 0 Å². The zero-order chi connectivity index (χ0) is 20.8. The van der Waals surface area contributed by atoms with Gasteiger partial charge < -0.3 is 20.4 Å². The highest BCUT2D eigenvalue weighted by molar-refractivity contribution is 5.50. The molecule has 3 atom stereocenters. The summed E-state index contributed by atoms with van der Waals surface area (Å²) in [5, 5.41) is 48.8. The summed E-state index contributed by atoms with van der Waals surface area (Å²) in [5.41, 5.74) is 5.78. The molecule has 0 fully saturated rings. The van der Waals surface area contributed by atoms with E-state index >= 15 is 0 Å². The molecule has 0 aliphatic rings. The molecule has 0 aliphatic carbocycles. The summed E-state index contributed by atoms with van der Waals surface area (Å²) in [5.74, 6) is 0. The fourth-order valence-electron chi connectivity index (χ4n) is 2.62. The van der Waals surface area contributed by atoms with E-state index in [9.17, 15) is 15.3 Å². The van der Waals surface area contributed by atoms with Crippen LogP contribution in [0.5, 0.6) is 0 Å². The number of aliphatic hydroxyl groups excluding tert-OH is 4. The molecule has 2 aromatic rings. The third-order valence-electron chi connectivity index (χ3n) is 4.88. The number of aliphatic hydroxyl groups is 4. The molecule has 0 amide bonds. The van der Waals surface area contributed by atoms with E-state index in [2.05, 4.69) is 10.3 Å². The van der Waals surface area contributed by atoms with E-state index in [-0.39, 0.29) is 6.54 Å². The first-order valence-corrected chi connectivity index (χ1v) is 9.21. The summed E-state index contributed by atoms with van der Waals surface area (Å²) in [4.78, 5) is 0. The van der Waals surface area contributed by atoms with Crippen molar-refractivity contribution in [3.63, 3.8) is 0 Å². The van der Waals surface area contributed by atoms with Gasteiger partial charge in [-0.3, -0.25) is 0 Å². The lowest BCUT2D eigenvalue weighted by Gasteiger charge is -2.26. The molecule has 0 bridgehead atoms. The molecule has 4 N–H and O–H groups in total. The highest BCUT2D eigenvalue weighted by atomic mass is 16.4. The minimum Gasteiger partial charge on any atom is -0.394 e. The van der Waals surface area contributed by atoms with Crippen molar-refractivity contribution < 1.29 is 20.4 Å². The third-order valence-corrected chi connectivity index (χ3v) is 4.88. The van der Waals surface area contributed by atoms with Gasteiger partial charge in [-0.15, -0.1) is 5.11 Å². The molecule has 152 valence electrons. The number of hydrogen-bond donors (Lipinski definition) is 4. The lowest BCUT2D eigenvalue weighted by atomic mass is 10.1. The Morgan fingerprint density at radius 1 is 0.821 bits per heavy atom. The van der Waals surface area contributed by atoms with E-state index in [0.29, 0.717) is 11.4 Å². The average Bonchev–Trinajstić information content (AvgIpc) is 2.68. The second-order valence-corrected chi connectivity index (χ2v) is 7.12. The summed E-state index contributed by atoms with van der Waals surface area (Å²) in [6, 6.07) is 11.4. The van der Waals surface area contributed by atoms with Gasteiger partial charge in [-0.1, -0.05) is 17.4 Å². The van der Waals surface area contributed by atoms with Gasteiger partial charge in [0.25, 0.3) is 0 Å². The maximum atomic E-state index is 10.3. The van der Waals surface area contributed by atoms with Crippen LogP contribution in [0.25, 0.3) is 0 Å². The molecule has 7 nitrogen and oxygen atoms in total. The molecule has 0 heterocycles. The van der Waals surface area contributed by atoms with E-state index in [1.54, 1.807) is 0 Å². The van der Waals surface area contributed by atoms with Crippen molar-refractivity contribution in [1.29, 1.82) is 0 Å². The van der Waals surface area contributed by atoms with Gasteiger partial charge in [0.15, 0.2) is 0 Å². The molecule has 0 aromatic heterocycles. The third kappa shape index (κ3) is 5.59. The largest absolute Gasteiger partial charge is 0.394 e. The van der Waals surface area contributed by atoms with Crippen LogP contribution in [0.1, 0.15) is 22.3 Å². The molecule has 2 rings (SSSR count). The van der Waals surface area contributed by atoms with Crippen molar-refractivity contribution in [2.24, 2.45) is 10.3 Å². The van der Waals surface area contributed by atoms with Crippen LogP contribution in [-0.4, -0.2) is 51.9 Å². The topological polar surface area (TPSA) is 109 Å². The molecule has 0 aliphatic heterocycles. The Morgan fingerprint density at radius 2 is 1.43 bits per heavy atom. The smallest absolute Gasteiger partial charge is 0.110 e. The Bertz CT molecular complexity index is 825. The molecule has 2 aromatic carbocycles. The molecule has 0 unspecified atom stereocenters. The SMILES string of the molecule is Cc1ccc(N=NN(C[C@H](O)[C@@H](O)[C@H](O)CO)c2ccc(C)c(C)c2)cc1C. The maximum Gasteiger partial charge on any atom is 0.110 e. The van der Waals surface area contributed by atoms with Crippen LogP contribution < -0.4 is 5.01 Å². The van der Waals surface area contributed by atoms with Gasteiger partial charge in [-0.25, -0.2) is 5.01 Å². The van der Waals surface area contributed by atoms with E-state index in [4.69, 9.17) is 5.11 Å². The Hall–Kier alpha value is -2.32. The van der Waals surface area contributed by atoms with Crippen LogP contribution >= 0.6 is 0 Å². The number of hydrogen-bond acceptors (Lipinski definition) is 6. The standard InChI is InChI=1S/C21H29N3O4/c1-13-5-7-17(9-15(13)3)22-23-24(11-19(26)21(28)20(27)12-25)18-8-6-14(2)16(4)10-18/h5-10,19-21,25-28H,11-12H2,1-4H3/t19-,20+,21+/m0/s1.